The van der Waals surface area contributed by atoms with Gasteiger partial charge in [0.15, 0.2) is 11.5 Å². The number of aromatic hydroxyl groups is 1. The largest absolute Gasteiger partial charge is 0.504 e. The molecule has 0 saturated carbocycles. The highest BCUT2D eigenvalue weighted by molar-refractivity contribution is 5.68. The lowest BCUT2D eigenvalue weighted by molar-refractivity contribution is 0.172. The summed E-state index contributed by atoms with van der Waals surface area (Å²) in [5, 5.41) is 10.6. The second-order valence-corrected chi connectivity index (χ2v) is 7.38. The van der Waals surface area contributed by atoms with Crippen LogP contribution in [-0.2, 0) is 19.4 Å². The van der Waals surface area contributed by atoms with Gasteiger partial charge in [0.1, 0.15) is 6.61 Å². The predicted molar refractivity (Wildman–Crippen MR) is 105 cm³/mol. The summed E-state index contributed by atoms with van der Waals surface area (Å²) < 4.78 is 5.93. The van der Waals surface area contributed by atoms with Crippen LogP contribution in [0.15, 0.2) is 60.9 Å². The Morgan fingerprint density at radius 2 is 1.78 bits per heavy atom. The standard InChI is InChI=1S/C23H22N2O2/c26-22-13-19(18-6-3-7-24-14-18)10-20-15-25(8-9-27-23(20)22)21-11-16-4-1-2-5-17(16)12-21/h1-7,10,13-14,21,26H,8-9,11-12,15H2. The van der Waals surface area contributed by atoms with E-state index < -0.39 is 0 Å². The molecule has 0 saturated heterocycles. The highest BCUT2D eigenvalue weighted by Gasteiger charge is 2.29. The minimum atomic E-state index is 0.211. The predicted octanol–water partition coefficient (Wildman–Crippen LogP) is 3.82. The van der Waals surface area contributed by atoms with E-state index in [2.05, 4.69) is 40.2 Å². The summed E-state index contributed by atoms with van der Waals surface area (Å²) in [6, 6.07) is 17.0. The van der Waals surface area contributed by atoms with Crippen LogP contribution in [0.2, 0.25) is 0 Å². The fourth-order valence-electron chi connectivity index (χ4n) is 4.32. The van der Waals surface area contributed by atoms with E-state index >= 15 is 0 Å². The maximum atomic E-state index is 10.6. The molecule has 0 fully saturated rings. The molecule has 2 heterocycles. The van der Waals surface area contributed by atoms with Gasteiger partial charge in [-0.15, -0.1) is 0 Å². The fraction of sp³-hybridized carbons (Fsp3) is 0.261. The van der Waals surface area contributed by atoms with Gasteiger partial charge in [0, 0.05) is 42.7 Å². The summed E-state index contributed by atoms with van der Waals surface area (Å²) in [7, 11) is 0. The molecule has 0 bridgehead atoms. The Morgan fingerprint density at radius 1 is 0.963 bits per heavy atom. The number of ether oxygens (including phenoxy) is 1. The van der Waals surface area contributed by atoms with Crippen LogP contribution in [0, 0.1) is 0 Å². The van der Waals surface area contributed by atoms with Crippen molar-refractivity contribution in [3.05, 3.63) is 77.6 Å². The molecular weight excluding hydrogens is 336 g/mol. The number of phenols is 1. The molecule has 1 aliphatic heterocycles. The smallest absolute Gasteiger partial charge is 0.165 e. The highest BCUT2D eigenvalue weighted by Crippen LogP contribution is 2.38. The van der Waals surface area contributed by atoms with Crippen LogP contribution in [0.25, 0.3) is 11.1 Å². The van der Waals surface area contributed by atoms with Crippen LogP contribution in [0.5, 0.6) is 11.5 Å². The second-order valence-electron chi connectivity index (χ2n) is 7.38. The van der Waals surface area contributed by atoms with Crippen LogP contribution in [0.4, 0.5) is 0 Å². The molecule has 1 aromatic heterocycles. The number of aromatic nitrogens is 1. The summed E-state index contributed by atoms with van der Waals surface area (Å²) in [6.07, 6.45) is 5.75. The zero-order valence-corrected chi connectivity index (χ0v) is 15.1. The molecule has 1 N–H and O–H groups in total. The number of phenolic OH excluding ortho intramolecular Hbond substituents is 1. The molecule has 0 amide bonds. The quantitative estimate of drug-likeness (QED) is 0.757. The van der Waals surface area contributed by atoms with E-state index in [0.29, 0.717) is 18.4 Å². The van der Waals surface area contributed by atoms with Gasteiger partial charge < -0.3 is 9.84 Å². The zero-order valence-electron chi connectivity index (χ0n) is 15.1. The number of nitrogens with zero attached hydrogens (tertiary/aromatic N) is 2. The first-order valence-corrected chi connectivity index (χ1v) is 9.48. The summed E-state index contributed by atoms with van der Waals surface area (Å²) >= 11 is 0. The van der Waals surface area contributed by atoms with Crippen molar-refractivity contribution in [3.63, 3.8) is 0 Å². The number of benzene rings is 2. The Balaban J connectivity index is 1.45. The number of hydrogen-bond acceptors (Lipinski definition) is 4. The van der Waals surface area contributed by atoms with E-state index in [1.807, 2.05) is 18.3 Å². The molecule has 2 aromatic carbocycles. The summed E-state index contributed by atoms with van der Waals surface area (Å²) in [6.45, 7) is 2.25. The van der Waals surface area contributed by atoms with Gasteiger partial charge in [-0.25, -0.2) is 0 Å². The first kappa shape index (κ1) is 16.3. The molecule has 0 unspecified atom stereocenters. The number of fused-ring (bicyclic) bond motifs is 2. The van der Waals surface area contributed by atoms with Crippen LogP contribution >= 0.6 is 0 Å². The second kappa shape index (κ2) is 6.71. The maximum Gasteiger partial charge on any atom is 0.165 e. The van der Waals surface area contributed by atoms with E-state index in [9.17, 15) is 5.11 Å². The summed E-state index contributed by atoms with van der Waals surface area (Å²) in [5.41, 5.74) is 5.93. The van der Waals surface area contributed by atoms with E-state index in [4.69, 9.17) is 4.74 Å². The minimum absolute atomic E-state index is 0.211. The molecule has 0 radical (unpaired) electrons. The third-order valence-electron chi connectivity index (χ3n) is 5.69. The highest BCUT2D eigenvalue weighted by atomic mass is 16.5. The molecular formula is C23H22N2O2. The molecule has 1 aliphatic carbocycles. The molecule has 4 heteroatoms. The van der Waals surface area contributed by atoms with Crippen LogP contribution in [-0.4, -0.2) is 34.2 Å². The van der Waals surface area contributed by atoms with Gasteiger partial charge in [-0.05, 0) is 47.7 Å². The van der Waals surface area contributed by atoms with Crippen molar-refractivity contribution in [3.8, 4) is 22.6 Å². The summed E-state index contributed by atoms with van der Waals surface area (Å²) in [5.74, 6) is 0.837. The molecule has 4 nitrogen and oxygen atoms in total. The SMILES string of the molecule is Oc1cc(-c2cccnc2)cc2c1OCCN(C1Cc3ccccc3C1)C2. The van der Waals surface area contributed by atoms with Crippen molar-refractivity contribution in [2.75, 3.05) is 13.2 Å². The Morgan fingerprint density at radius 3 is 2.52 bits per heavy atom. The minimum Gasteiger partial charge on any atom is -0.504 e. The monoisotopic (exact) mass is 358 g/mol. The average Bonchev–Trinajstić information content (AvgIpc) is 3.01. The van der Waals surface area contributed by atoms with Crippen molar-refractivity contribution in [2.45, 2.75) is 25.4 Å². The number of hydrogen-bond donors (Lipinski definition) is 1. The lowest BCUT2D eigenvalue weighted by Gasteiger charge is -2.26. The Labute approximate surface area is 159 Å². The normalized spacial score (nSPS) is 17.0. The fourth-order valence-corrected chi connectivity index (χ4v) is 4.32. The van der Waals surface area contributed by atoms with Gasteiger partial charge in [-0.2, -0.15) is 0 Å². The van der Waals surface area contributed by atoms with Crippen LogP contribution in [0.1, 0.15) is 16.7 Å². The zero-order chi connectivity index (χ0) is 18.2. The lowest BCUT2D eigenvalue weighted by Crippen LogP contribution is -2.37. The molecule has 5 rings (SSSR count). The van der Waals surface area contributed by atoms with E-state index in [1.165, 1.54) is 11.1 Å². The average molecular weight is 358 g/mol. The van der Waals surface area contributed by atoms with Gasteiger partial charge >= 0.3 is 0 Å². The molecule has 136 valence electrons. The van der Waals surface area contributed by atoms with Crippen molar-refractivity contribution in [1.82, 2.24) is 9.88 Å². The van der Waals surface area contributed by atoms with E-state index in [0.717, 1.165) is 42.6 Å². The molecule has 2 aliphatic rings. The molecule has 0 spiro atoms. The molecule has 27 heavy (non-hydrogen) atoms. The first-order valence-electron chi connectivity index (χ1n) is 9.48. The van der Waals surface area contributed by atoms with Crippen LogP contribution in [0.3, 0.4) is 0 Å². The lowest BCUT2D eigenvalue weighted by atomic mass is 10.0. The third kappa shape index (κ3) is 3.06. The first-order chi connectivity index (χ1) is 13.3. The van der Waals surface area contributed by atoms with E-state index in [-0.39, 0.29) is 5.75 Å². The van der Waals surface area contributed by atoms with Crippen molar-refractivity contribution in [2.24, 2.45) is 0 Å². The maximum absolute atomic E-state index is 10.6. The Hall–Kier alpha value is -2.85. The number of pyridine rings is 1. The van der Waals surface area contributed by atoms with Crippen molar-refractivity contribution >= 4 is 0 Å². The van der Waals surface area contributed by atoms with Gasteiger partial charge in [-0.3, -0.25) is 9.88 Å². The van der Waals surface area contributed by atoms with Gasteiger partial charge in [0.05, 0.1) is 0 Å². The number of rotatable bonds is 2. The van der Waals surface area contributed by atoms with Crippen molar-refractivity contribution in [1.29, 1.82) is 0 Å². The Bertz CT molecular complexity index is 946. The van der Waals surface area contributed by atoms with E-state index in [1.54, 1.807) is 12.3 Å². The van der Waals surface area contributed by atoms with Gasteiger partial charge in [-0.1, -0.05) is 30.3 Å². The van der Waals surface area contributed by atoms with Gasteiger partial charge in [0.25, 0.3) is 0 Å². The Kier molecular flexibility index (Phi) is 4.06. The van der Waals surface area contributed by atoms with Gasteiger partial charge in [0.2, 0.25) is 0 Å². The van der Waals surface area contributed by atoms with Crippen molar-refractivity contribution < 1.29 is 9.84 Å². The molecule has 3 aromatic rings. The van der Waals surface area contributed by atoms with Crippen LogP contribution < -0.4 is 4.74 Å². The topological polar surface area (TPSA) is 45.6 Å². The third-order valence-corrected chi connectivity index (χ3v) is 5.69. The summed E-state index contributed by atoms with van der Waals surface area (Å²) in [4.78, 5) is 6.70. The molecule has 0 atom stereocenters.